The molecule has 3 heteroatoms. The van der Waals surface area contributed by atoms with E-state index >= 15 is 0 Å². The van der Waals surface area contributed by atoms with E-state index in [2.05, 4.69) is 50.2 Å². The van der Waals surface area contributed by atoms with Crippen LogP contribution >= 0.6 is 0 Å². The van der Waals surface area contributed by atoms with Crippen molar-refractivity contribution in [1.29, 1.82) is 0 Å². The van der Waals surface area contributed by atoms with Gasteiger partial charge < -0.3 is 14.2 Å². The fourth-order valence-electron chi connectivity index (χ4n) is 3.66. The van der Waals surface area contributed by atoms with Crippen LogP contribution in [-0.2, 0) is 0 Å². The first-order valence-corrected chi connectivity index (χ1v) is 9.37. The molecule has 0 fully saturated rings. The van der Waals surface area contributed by atoms with Gasteiger partial charge in [-0.05, 0) is 65.9 Å². The van der Waals surface area contributed by atoms with E-state index in [1.807, 2.05) is 24.3 Å². The fourth-order valence-corrected chi connectivity index (χ4v) is 3.66. The van der Waals surface area contributed by atoms with Gasteiger partial charge in [-0.15, -0.1) is 0 Å². The van der Waals surface area contributed by atoms with Crippen molar-refractivity contribution in [1.82, 2.24) is 0 Å². The summed E-state index contributed by atoms with van der Waals surface area (Å²) in [5, 5.41) is 0. The van der Waals surface area contributed by atoms with Gasteiger partial charge in [0.05, 0.1) is 14.2 Å². The number of benzene rings is 3. The Hall–Kier alpha value is -3.20. The van der Waals surface area contributed by atoms with E-state index in [9.17, 15) is 0 Å². The predicted octanol–water partition coefficient (Wildman–Crippen LogP) is 5.67. The van der Waals surface area contributed by atoms with Gasteiger partial charge in [-0.25, -0.2) is 0 Å². The monoisotopic (exact) mass is 372 g/mol. The van der Waals surface area contributed by atoms with E-state index in [-0.39, 0.29) is 0 Å². The molecule has 3 aromatic carbocycles. The second-order valence-corrected chi connectivity index (χ2v) is 6.98. The molecule has 4 rings (SSSR count). The van der Waals surface area contributed by atoms with Crippen LogP contribution in [0.4, 0.5) is 0 Å². The summed E-state index contributed by atoms with van der Waals surface area (Å²) in [7, 11) is 3.37. The Kier molecular flexibility index (Phi) is 4.82. The lowest BCUT2D eigenvalue weighted by Gasteiger charge is -2.27. The first-order chi connectivity index (χ1) is 13.6. The van der Waals surface area contributed by atoms with E-state index in [0.29, 0.717) is 6.61 Å². The number of ether oxygens (including phenoxy) is 3. The first-order valence-electron chi connectivity index (χ1n) is 9.37. The van der Waals surface area contributed by atoms with Crippen LogP contribution in [0.15, 0.2) is 60.7 Å². The third-order valence-corrected chi connectivity index (χ3v) is 5.43. The maximum atomic E-state index is 6.24. The molecule has 0 saturated carbocycles. The van der Waals surface area contributed by atoms with E-state index in [1.54, 1.807) is 14.2 Å². The number of aryl methyl sites for hydroxylation is 1. The average molecular weight is 372 g/mol. The van der Waals surface area contributed by atoms with Gasteiger partial charge in [0.1, 0.15) is 23.9 Å². The van der Waals surface area contributed by atoms with Crippen molar-refractivity contribution in [2.75, 3.05) is 20.8 Å². The van der Waals surface area contributed by atoms with Crippen molar-refractivity contribution < 1.29 is 14.2 Å². The summed E-state index contributed by atoms with van der Waals surface area (Å²) in [4.78, 5) is 0. The third kappa shape index (κ3) is 3.13. The number of methoxy groups -OCH3 is 2. The van der Waals surface area contributed by atoms with Crippen LogP contribution in [0, 0.1) is 13.8 Å². The molecule has 0 amide bonds. The smallest absolute Gasteiger partial charge is 0.130 e. The van der Waals surface area contributed by atoms with Gasteiger partial charge >= 0.3 is 0 Å². The third-order valence-electron chi connectivity index (χ3n) is 5.43. The molecule has 3 aromatic rings. The summed E-state index contributed by atoms with van der Waals surface area (Å²) in [6, 6.07) is 20.7. The largest absolute Gasteiger partial charge is 0.497 e. The molecule has 0 N–H and O–H groups in total. The minimum Gasteiger partial charge on any atom is -0.497 e. The zero-order chi connectivity index (χ0) is 19.7. The maximum Gasteiger partial charge on any atom is 0.130 e. The summed E-state index contributed by atoms with van der Waals surface area (Å²) in [6.07, 6.45) is 0. The van der Waals surface area contributed by atoms with Crippen molar-refractivity contribution in [2.45, 2.75) is 13.8 Å². The molecule has 0 unspecified atom stereocenters. The van der Waals surface area contributed by atoms with Crippen LogP contribution in [0.3, 0.4) is 0 Å². The highest BCUT2D eigenvalue weighted by Crippen LogP contribution is 2.43. The summed E-state index contributed by atoms with van der Waals surface area (Å²) < 4.78 is 16.9. The molecular weight excluding hydrogens is 348 g/mol. The SMILES string of the molecule is COc1ccc(C2=C(c3ccc(OC)cc3)c3ccc(C)c(C)c3OC2)cc1. The van der Waals surface area contributed by atoms with E-state index in [0.717, 1.165) is 33.9 Å². The summed E-state index contributed by atoms with van der Waals surface area (Å²) in [5.41, 5.74) is 8.22. The molecule has 0 bridgehead atoms. The van der Waals surface area contributed by atoms with Crippen molar-refractivity contribution in [3.8, 4) is 17.2 Å². The van der Waals surface area contributed by atoms with Gasteiger partial charge in [-0.3, -0.25) is 0 Å². The van der Waals surface area contributed by atoms with Crippen LogP contribution in [0.2, 0.25) is 0 Å². The normalized spacial score (nSPS) is 13.0. The van der Waals surface area contributed by atoms with Crippen molar-refractivity contribution in [2.24, 2.45) is 0 Å². The van der Waals surface area contributed by atoms with Crippen LogP contribution in [0.25, 0.3) is 11.1 Å². The fraction of sp³-hybridized carbons (Fsp3) is 0.200. The molecule has 1 aliphatic rings. The second kappa shape index (κ2) is 7.43. The number of fused-ring (bicyclic) bond motifs is 1. The summed E-state index contributed by atoms with van der Waals surface area (Å²) >= 11 is 0. The van der Waals surface area contributed by atoms with Crippen LogP contribution in [0.5, 0.6) is 17.2 Å². The van der Waals surface area contributed by atoms with E-state index in [1.165, 1.54) is 22.3 Å². The quantitative estimate of drug-likeness (QED) is 0.590. The zero-order valence-corrected chi connectivity index (χ0v) is 16.7. The minimum atomic E-state index is 0.533. The number of hydrogen-bond donors (Lipinski definition) is 0. The molecule has 28 heavy (non-hydrogen) atoms. The minimum absolute atomic E-state index is 0.533. The Morgan fingerprint density at radius 3 is 1.86 bits per heavy atom. The Labute approximate surface area is 166 Å². The predicted molar refractivity (Wildman–Crippen MR) is 113 cm³/mol. The van der Waals surface area contributed by atoms with Crippen molar-refractivity contribution in [3.05, 3.63) is 88.5 Å². The lowest BCUT2D eigenvalue weighted by molar-refractivity contribution is 0.362. The number of hydrogen-bond acceptors (Lipinski definition) is 3. The molecule has 0 atom stereocenters. The summed E-state index contributed by atoms with van der Waals surface area (Å²) in [6.45, 7) is 4.78. The molecule has 0 aliphatic carbocycles. The standard InChI is InChI=1S/C25H24O3/c1-16-5-14-22-24(19-8-12-21(27-4)13-9-19)23(15-28-25(22)17(16)2)18-6-10-20(26-3)11-7-18/h5-14H,15H2,1-4H3. The Bertz CT molecular complexity index is 1030. The highest BCUT2D eigenvalue weighted by molar-refractivity contribution is 6.02. The molecule has 0 spiro atoms. The number of rotatable bonds is 4. The molecular formula is C25H24O3. The van der Waals surface area contributed by atoms with Gasteiger partial charge in [0.25, 0.3) is 0 Å². The van der Waals surface area contributed by atoms with Crippen LogP contribution in [-0.4, -0.2) is 20.8 Å². The van der Waals surface area contributed by atoms with Gasteiger partial charge in [0.2, 0.25) is 0 Å². The lowest BCUT2D eigenvalue weighted by Crippen LogP contribution is -2.13. The molecule has 1 heterocycles. The van der Waals surface area contributed by atoms with E-state index < -0.39 is 0 Å². The molecule has 0 aromatic heterocycles. The lowest BCUT2D eigenvalue weighted by atomic mass is 9.86. The van der Waals surface area contributed by atoms with Crippen LogP contribution in [0.1, 0.15) is 27.8 Å². The zero-order valence-electron chi connectivity index (χ0n) is 16.7. The van der Waals surface area contributed by atoms with Gasteiger partial charge in [0, 0.05) is 11.1 Å². The molecule has 0 saturated heterocycles. The van der Waals surface area contributed by atoms with Crippen LogP contribution < -0.4 is 14.2 Å². The first kappa shape index (κ1) is 18.2. The van der Waals surface area contributed by atoms with Gasteiger partial charge in [-0.2, -0.15) is 0 Å². The van der Waals surface area contributed by atoms with Gasteiger partial charge in [-0.1, -0.05) is 36.4 Å². The maximum absolute atomic E-state index is 6.24. The molecule has 142 valence electrons. The van der Waals surface area contributed by atoms with Crippen molar-refractivity contribution in [3.63, 3.8) is 0 Å². The van der Waals surface area contributed by atoms with Crippen molar-refractivity contribution >= 4 is 11.1 Å². The molecule has 1 aliphatic heterocycles. The Morgan fingerprint density at radius 1 is 0.714 bits per heavy atom. The highest BCUT2D eigenvalue weighted by Gasteiger charge is 2.24. The Morgan fingerprint density at radius 2 is 1.29 bits per heavy atom. The average Bonchev–Trinajstić information content (AvgIpc) is 2.76. The Balaban J connectivity index is 1.94. The second-order valence-electron chi connectivity index (χ2n) is 6.98. The topological polar surface area (TPSA) is 27.7 Å². The molecule has 0 radical (unpaired) electrons. The van der Waals surface area contributed by atoms with E-state index in [4.69, 9.17) is 14.2 Å². The molecule has 3 nitrogen and oxygen atoms in total. The summed E-state index contributed by atoms with van der Waals surface area (Å²) in [5.74, 6) is 2.67. The highest BCUT2D eigenvalue weighted by atomic mass is 16.5. The van der Waals surface area contributed by atoms with Gasteiger partial charge in [0.15, 0.2) is 0 Å².